The number of hydrogen-bond acceptors (Lipinski definition) is 6. The quantitative estimate of drug-likeness (QED) is 0.509. The van der Waals surface area contributed by atoms with Crippen LogP contribution in [0.1, 0.15) is 33.3 Å². The Hall–Kier alpha value is -3.45. The molecular formula is C22H16N2O4S. The van der Waals surface area contributed by atoms with Gasteiger partial charge in [-0.25, -0.2) is 4.98 Å². The highest BCUT2D eigenvalue weighted by molar-refractivity contribution is 7.13. The molecule has 1 amide bonds. The van der Waals surface area contributed by atoms with Crippen LogP contribution in [0.3, 0.4) is 0 Å². The van der Waals surface area contributed by atoms with E-state index in [-0.39, 0.29) is 17.1 Å². The second-order valence-electron chi connectivity index (χ2n) is 6.84. The number of methoxy groups -OCH3 is 1. The molecule has 2 aromatic heterocycles. The van der Waals surface area contributed by atoms with Gasteiger partial charge in [0.05, 0.1) is 24.1 Å². The number of thiazole rings is 1. The van der Waals surface area contributed by atoms with E-state index >= 15 is 0 Å². The van der Waals surface area contributed by atoms with Crippen LogP contribution in [0.15, 0.2) is 63.3 Å². The van der Waals surface area contributed by atoms with Gasteiger partial charge in [-0.3, -0.25) is 14.5 Å². The fourth-order valence-corrected chi connectivity index (χ4v) is 4.39. The first kappa shape index (κ1) is 17.6. The molecule has 0 aliphatic carbocycles. The number of benzene rings is 2. The Labute approximate surface area is 170 Å². The number of anilines is 1. The Morgan fingerprint density at radius 2 is 1.93 bits per heavy atom. The maximum atomic E-state index is 13.5. The van der Waals surface area contributed by atoms with Crippen LogP contribution >= 0.6 is 11.3 Å². The van der Waals surface area contributed by atoms with Crippen LogP contribution < -0.4 is 15.1 Å². The van der Waals surface area contributed by atoms with Crippen molar-refractivity contribution < 1.29 is 13.9 Å². The first-order valence-corrected chi connectivity index (χ1v) is 9.91. The zero-order chi connectivity index (χ0) is 20.1. The summed E-state index contributed by atoms with van der Waals surface area (Å²) in [5, 5.41) is 2.78. The Balaban J connectivity index is 1.80. The van der Waals surface area contributed by atoms with Crippen molar-refractivity contribution >= 4 is 33.3 Å². The highest BCUT2D eigenvalue weighted by Crippen LogP contribution is 2.42. The van der Waals surface area contributed by atoms with Gasteiger partial charge in [0.15, 0.2) is 10.6 Å². The first-order chi connectivity index (χ1) is 14.1. The van der Waals surface area contributed by atoms with Crippen molar-refractivity contribution in [2.24, 2.45) is 0 Å². The minimum atomic E-state index is -0.615. The average molecular weight is 404 g/mol. The number of aromatic nitrogens is 1. The second-order valence-corrected chi connectivity index (χ2v) is 7.71. The van der Waals surface area contributed by atoms with Crippen LogP contribution in [0.25, 0.3) is 11.0 Å². The van der Waals surface area contributed by atoms with Gasteiger partial charge in [0, 0.05) is 11.6 Å². The van der Waals surface area contributed by atoms with Crippen molar-refractivity contribution in [1.29, 1.82) is 0 Å². The largest absolute Gasteiger partial charge is 0.497 e. The van der Waals surface area contributed by atoms with Gasteiger partial charge in [-0.1, -0.05) is 23.8 Å². The van der Waals surface area contributed by atoms with Gasteiger partial charge in [0.25, 0.3) is 5.91 Å². The van der Waals surface area contributed by atoms with Crippen LogP contribution in [0.5, 0.6) is 5.75 Å². The summed E-state index contributed by atoms with van der Waals surface area (Å²) in [6.45, 7) is 1.92. The highest BCUT2D eigenvalue weighted by atomic mass is 32.1. The first-order valence-electron chi connectivity index (χ1n) is 9.03. The van der Waals surface area contributed by atoms with E-state index in [9.17, 15) is 9.59 Å². The predicted octanol–water partition coefficient (Wildman–Crippen LogP) is 4.32. The molecule has 29 heavy (non-hydrogen) atoms. The Kier molecular flexibility index (Phi) is 3.99. The van der Waals surface area contributed by atoms with Crippen LogP contribution in [0.2, 0.25) is 0 Å². The van der Waals surface area contributed by atoms with Gasteiger partial charge < -0.3 is 9.15 Å². The molecule has 3 heterocycles. The van der Waals surface area contributed by atoms with E-state index in [1.807, 2.05) is 37.3 Å². The molecule has 1 atom stereocenters. The van der Waals surface area contributed by atoms with Crippen LogP contribution in [-0.2, 0) is 0 Å². The van der Waals surface area contributed by atoms with E-state index in [2.05, 4.69) is 4.98 Å². The summed E-state index contributed by atoms with van der Waals surface area (Å²) in [6.07, 6.45) is 1.64. The molecule has 0 saturated carbocycles. The molecule has 0 N–H and O–H groups in total. The molecule has 0 radical (unpaired) electrons. The number of hydrogen-bond donors (Lipinski definition) is 0. The molecular weight excluding hydrogens is 388 g/mol. The number of nitrogens with zero attached hydrogens (tertiary/aromatic N) is 2. The lowest BCUT2D eigenvalue weighted by Gasteiger charge is -2.22. The summed E-state index contributed by atoms with van der Waals surface area (Å²) in [5.41, 5.74) is 2.29. The molecule has 7 heteroatoms. The number of carbonyl (C=O) groups excluding carboxylic acids is 1. The summed E-state index contributed by atoms with van der Waals surface area (Å²) in [6, 6.07) is 12.1. The maximum absolute atomic E-state index is 13.5. The van der Waals surface area contributed by atoms with Crippen molar-refractivity contribution in [2.75, 3.05) is 12.0 Å². The summed E-state index contributed by atoms with van der Waals surface area (Å²) >= 11 is 1.34. The number of aryl methyl sites for hydroxylation is 1. The highest BCUT2D eigenvalue weighted by Gasteiger charge is 2.44. The lowest BCUT2D eigenvalue weighted by atomic mass is 9.98. The van der Waals surface area contributed by atoms with Crippen LogP contribution in [-0.4, -0.2) is 18.0 Å². The molecule has 1 aliphatic rings. The predicted molar refractivity (Wildman–Crippen MR) is 111 cm³/mol. The van der Waals surface area contributed by atoms with Gasteiger partial charge in [-0.05, 0) is 36.8 Å². The number of carbonyl (C=O) groups is 1. The van der Waals surface area contributed by atoms with Crippen molar-refractivity contribution in [3.8, 4) is 5.75 Å². The standard InChI is InChI=1S/C22H16N2O4S/c1-12-3-8-16-15(11-12)19(25)17-18(13-4-6-14(27-2)7-5-13)24(21(26)20(17)28-16)22-23-9-10-29-22/h3-11,18H,1-2H3/t18-/m0/s1. The van der Waals surface area contributed by atoms with Crippen LogP contribution in [0, 0.1) is 6.92 Å². The summed E-state index contributed by atoms with van der Waals surface area (Å²) < 4.78 is 11.2. The zero-order valence-corrected chi connectivity index (χ0v) is 16.5. The molecule has 5 rings (SSSR count). The number of amides is 1. The molecule has 0 unspecified atom stereocenters. The molecule has 6 nitrogen and oxygen atoms in total. The minimum absolute atomic E-state index is 0.0716. The monoisotopic (exact) mass is 404 g/mol. The van der Waals surface area contributed by atoms with Gasteiger partial charge in [-0.2, -0.15) is 0 Å². The zero-order valence-electron chi connectivity index (χ0n) is 15.7. The normalized spacial score (nSPS) is 15.7. The number of rotatable bonds is 3. The molecule has 1 aliphatic heterocycles. The third-order valence-electron chi connectivity index (χ3n) is 5.08. The fraction of sp³-hybridized carbons (Fsp3) is 0.136. The summed E-state index contributed by atoms with van der Waals surface area (Å²) in [5.74, 6) is 0.401. The Bertz CT molecular complexity index is 1290. The molecule has 0 saturated heterocycles. The van der Waals surface area contributed by atoms with Crippen molar-refractivity contribution in [3.63, 3.8) is 0 Å². The Morgan fingerprint density at radius 3 is 2.62 bits per heavy atom. The molecule has 2 aromatic carbocycles. The van der Waals surface area contributed by atoms with Gasteiger partial charge >= 0.3 is 0 Å². The average Bonchev–Trinajstić information content (AvgIpc) is 3.35. The fourth-order valence-electron chi connectivity index (χ4n) is 3.72. The third kappa shape index (κ3) is 2.66. The van der Waals surface area contributed by atoms with Crippen molar-refractivity contribution in [3.05, 3.63) is 86.7 Å². The van der Waals surface area contributed by atoms with Crippen LogP contribution in [0.4, 0.5) is 5.13 Å². The van der Waals surface area contributed by atoms with E-state index < -0.39 is 6.04 Å². The summed E-state index contributed by atoms with van der Waals surface area (Å²) in [4.78, 5) is 32.6. The van der Waals surface area contributed by atoms with E-state index in [4.69, 9.17) is 9.15 Å². The summed E-state index contributed by atoms with van der Waals surface area (Å²) in [7, 11) is 1.59. The molecule has 144 valence electrons. The lowest BCUT2D eigenvalue weighted by Crippen LogP contribution is -2.29. The Morgan fingerprint density at radius 1 is 1.14 bits per heavy atom. The molecule has 0 fully saturated rings. The lowest BCUT2D eigenvalue weighted by molar-refractivity contribution is 0.0971. The minimum Gasteiger partial charge on any atom is -0.497 e. The topological polar surface area (TPSA) is 72.6 Å². The third-order valence-corrected chi connectivity index (χ3v) is 5.85. The smallest absolute Gasteiger partial charge is 0.297 e. The molecule has 0 spiro atoms. The molecule has 0 bridgehead atoms. The van der Waals surface area contributed by atoms with E-state index in [0.29, 0.717) is 27.4 Å². The maximum Gasteiger partial charge on any atom is 0.297 e. The second kappa shape index (κ2) is 6.56. The van der Waals surface area contributed by atoms with Gasteiger partial charge in [0.1, 0.15) is 11.3 Å². The van der Waals surface area contributed by atoms with Crippen molar-refractivity contribution in [1.82, 2.24) is 4.98 Å². The van der Waals surface area contributed by atoms with Gasteiger partial charge in [0.2, 0.25) is 5.76 Å². The number of fused-ring (bicyclic) bond motifs is 2. The van der Waals surface area contributed by atoms with Gasteiger partial charge in [-0.15, -0.1) is 11.3 Å². The van der Waals surface area contributed by atoms with E-state index in [0.717, 1.165) is 11.1 Å². The van der Waals surface area contributed by atoms with Crippen molar-refractivity contribution in [2.45, 2.75) is 13.0 Å². The number of ether oxygens (including phenoxy) is 1. The van der Waals surface area contributed by atoms with E-state index in [1.165, 1.54) is 16.2 Å². The SMILES string of the molecule is COc1ccc([C@H]2c3c(oc4ccc(C)cc4c3=O)C(=O)N2c2nccs2)cc1. The van der Waals surface area contributed by atoms with E-state index in [1.54, 1.807) is 30.8 Å². The molecule has 4 aromatic rings.